The van der Waals surface area contributed by atoms with Crippen LogP contribution in [0.5, 0.6) is 5.75 Å². The first-order chi connectivity index (χ1) is 13.2. The maximum absolute atomic E-state index is 6.06. The molecule has 138 valence electrons. The first-order valence-corrected chi connectivity index (χ1v) is 9.24. The smallest absolute Gasteiger partial charge is 0.159 e. The maximum atomic E-state index is 6.06. The zero-order valence-electron chi connectivity index (χ0n) is 15.0. The van der Waals surface area contributed by atoms with Gasteiger partial charge in [-0.3, -0.25) is 9.56 Å². The van der Waals surface area contributed by atoms with E-state index in [0.717, 1.165) is 46.3 Å². The summed E-state index contributed by atoms with van der Waals surface area (Å²) < 4.78 is 7.91. The van der Waals surface area contributed by atoms with Crippen LogP contribution in [0.2, 0.25) is 5.02 Å². The number of hydrogen-bond acceptors (Lipinski definition) is 5. The van der Waals surface area contributed by atoms with Gasteiger partial charge in [0.1, 0.15) is 18.1 Å². The molecule has 0 saturated carbocycles. The molecule has 0 saturated heterocycles. The summed E-state index contributed by atoms with van der Waals surface area (Å²) in [6.45, 7) is 3.58. The second-order valence-electron chi connectivity index (χ2n) is 6.34. The fourth-order valence-corrected chi connectivity index (χ4v) is 3.30. The third kappa shape index (κ3) is 3.46. The summed E-state index contributed by atoms with van der Waals surface area (Å²) in [5.74, 6) is 2.43. The number of aliphatic imine (C=N–C) groups is 1. The Labute approximate surface area is 162 Å². The third-order valence-corrected chi connectivity index (χ3v) is 4.72. The molecule has 0 atom stereocenters. The molecule has 0 radical (unpaired) electrons. The topological polar surface area (TPSA) is 78.3 Å². The van der Waals surface area contributed by atoms with Gasteiger partial charge >= 0.3 is 0 Å². The molecule has 2 N–H and O–H groups in total. The van der Waals surface area contributed by atoms with Crippen molar-refractivity contribution in [2.45, 2.75) is 19.9 Å². The van der Waals surface area contributed by atoms with E-state index >= 15 is 0 Å². The highest BCUT2D eigenvalue weighted by Crippen LogP contribution is 2.29. The van der Waals surface area contributed by atoms with E-state index < -0.39 is 0 Å². The van der Waals surface area contributed by atoms with Crippen LogP contribution in [-0.4, -0.2) is 33.6 Å². The first kappa shape index (κ1) is 17.7. The molecule has 1 aliphatic heterocycles. The largest absolute Gasteiger partial charge is 0.494 e. The summed E-state index contributed by atoms with van der Waals surface area (Å²) in [6, 6.07) is 13.7. The van der Waals surface area contributed by atoms with Crippen molar-refractivity contribution >= 4 is 17.3 Å². The lowest BCUT2D eigenvalue weighted by Gasteiger charge is -2.15. The Morgan fingerprint density at radius 1 is 1.15 bits per heavy atom. The molecule has 0 bridgehead atoms. The van der Waals surface area contributed by atoms with Crippen molar-refractivity contribution in [1.29, 1.82) is 0 Å². The molecule has 4 rings (SSSR count). The number of benzene rings is 2. The Bertz CT molecular complexity index is 994. The zero-order valence-corrected chi connectivity index (χ0v) is 15.8. The van der Waals surface area contributed by atoms with Gasteiger partial charge in [-0.05, 0) is 50.2 Å². The highest BCUT2D eigenvalue weighted by atomic mass is 35.5. The van der Waals surface area contributed by atoms with Crippen LogP contribution in [0.1, 0.15) is 29.2 Å². The fourth-order valence-electron chi connectivity index (χ4n) is 3.17. The van der Waals surface area contributed by atoms with E-state index in [4.69, 9.17) is 27.1 Å². The average Bonchev–Trinajstić information content (AvgIpc) is 2.95. The Morgan fingerprint density at radius 3 is 2.74 bits per heavy atom. The van der Waals surface area contributed by atoms with Crippen molar-refractivity contribution in [2.75, 3.05) is 13.2 Å². The van der Waals surface area contributed by atoms with Crippen LogP contribution in [-0.2, 0) is 6.54 Å². The minimum atomic E-state index is 0.455. The monoisotopic (exact) mass is 381 g/mol. The zero-order chi connectivity index (χ0) is 18.8. The number of aromatic nitrogens is 3. The van der Waals surface area contributed by atoms with E-state index in [2.05, 4.69) is 10.2 Å². The Hall–Kier alpha value is -2.70. The molecule has 27 heavy (non-hydrogen) atoms. The second-order valence-corrected chi connectivity index (χ2v) is 6.78. The molecule has 7 heteroatoms. The van der Waals surface area contributed by atoms with Crippen LogP contribution in [0.25, 0.3) is 5.69 Å². The number of hydrogen-bond donors (Lipinski definition) is 1. The van der Waals surface area contributed by atoms with E-state index in [1.807, 2.05) is 54.0 Å². The van der Waals surface area contributed by atoms with Gasteiger partial charge in [-0.15, -0.1) is 10.2 Å². The lowest BCUT2D eigenvalue weighted by molar-refractivity contribution is 0.313. The molecular formula is C20H20ClN5O. The average molecular weight is 382 g/mol. The minimum absolute atomic E-state index is 0.455. The number of fused-ring (bicyclic) bond motifs is 3. The van der Waals surface area contributed by atoms with Crippen LogP contribution >= 0.6 is 11.6 Å². The highest BCUT2D eigenvalue weighted by molar-refractivity contribution is 6.30. The number of aryl methyl sites for hydroxylation is 1. The third-order valence-electron chi connectivity index (χ3n) is 4.47. The quantitative estimate of drug-likeness (QED) is 0.688. The van der Waals surface area contributed by atoms with E-state index in [-0.39, 0.29) is 0 Å². The molecule has 2 heterocycles. The number of ether oxygens (including phenoxy) is 1. The van der Waals surface area contributed by atoms with Gasteiger partial charge < -0.3 is 10.5 Å². The molecule has 0 unspecified atom stereocenters. The van der Waals surface area contributed by atoms with Gasteiger partial charge in [0.2, 0.25) is 0 Å². The first-order valence-electron chi connectivity index (χ1n) is 8.86. The van der Waals surface area contributed by atoms with Crippen LogP contribution in [0.3, 0.4) is 0 Å². The summed E-state index contributed by atoms with van der Waals surface area (Å²) in [6.07, 6.45) is 0.809. The lowest BCUT2D eigenvalue weighted by atomic mass is 10.00. The van der Waals surface area contributed by atoms with Crippen LogP contribution < -0.4 is 10.5 Å². The molecule has 0 aliphatic carbocycles. The van der Waals surface area contributed by atoms with Crippen molar-refractivity contribution < 1.29 is 4.74 Å². The molecule has 0 spiro atoms. The Balaban J connectivity index is 1.84. The summed E-state index contributed by atoms with van der Waals surface area (Å²) in [7, 11) is 0. The fraction of sp³-hybridized carbons (Fsp3) is 0.250. The number of nitrogens with zero attached hydrogens (tertiary/aromatic N) is 4. The molecule has 1 aliphatic rings. The number of nitrogens with two attached hydrogens (primary N) is 1. The van der Waals surface area contributed by atoms with Gasteiger partial charge in [0.15, 0.2) is 5.82 Å². The maximum Gasteiger partial charge on any atom is 0.159 e. The lowest BCUT2D eigenvalue weighted by Crippen LogP contribution is -2.10. The molecule has 0 amide bonds. The van der Waals surface area contributed by atoms with Crippen molar-refractivity contribution in [3.8, 4) is 11.4 Å². The normalized spacial score (nSPS) is 12.8. The SMILES string of the molecule is Cc1nnc2n1-c1ccc(OCCCN)cc1C(c1ccc(Cl)cc1)=NC2. The molecule has 3 aromatic rings. The van der Waals surface area contributed by atoms with Gasteiger partial charge in [-0.2, -0.15) is 0 Å². The van der Waals surface area contributed by atoms with Crippen LogP contribution in [0.4, 0.5) is 0 Å². The highest BCUT2D eigenvalue weighted by Gasteiger charge is 2.22. The van der Waals surface area contributed by atoms with Gasteiger partial charge in [-0.1, -0.05) is 23.7 Å². The number of rotatable bonds is 5. The Kier molecular flexibility index (Phi) is 4.92. The van der Waals surface area contributed by atoms with Crippen molar-refractivity contribution in [3.05, 3.63) is 70.3 Å². The summed E-state index contributed by atoms with van der Waals surface area (Å²) in [5.41, 5.74) is 9.41. The molecule has 0 fully saturated rings. The van der Waals surface area contributed by atoms with Crippen molar-refractivity contribution in [1.82, 2.24) is 14.8 Å². The summed E-state index contributed by atoms with van der Waals surface area (Å²) in [5, 5.41) is 9.19. The molecular weight excluding hydrogens is 362 g/mol. The molecule has 1 aromatic heterocycles. The summed E-state index contributed by atoms with van der Waals surface area (Å²) in [4.78, 5) is 4.83. The van der Waals surface area contributed by atoms with Gasteiger partial charge in [0.05, 0.1) is 18.0 Å². The predicted octanol–water partition coefficient (Wildman–Crippen LogP) is 3.31. The molecule has 2 aromatic carbocycles. The van der Waals surface area contributed by atoms with E-state index in [1.54, 1.807) is 0 Å². The second kappa shape index (κ2) is 7.50. The van der Waals surface area contributed by atoms with Crippen molar-refractivity contribution in [2.24, 2.45) is 10.7 Å². The van der Waals surface area contributed by atoms with E-state index in [9.17, 15) is 0 Å². The van der Waals surface area contributed by atoms with Gasteiger partial charge in [0.25, 0.3) is 0 Å². The molecule has 6 nitrogen and oxygen atoms in total. The van der Waals surface area contributed by atoms with Crippen molar-refractivity contribution in [3.63, 3.8) is 0 Å². The van der Waals surface area contributed by atoms with Gasteiger partial charge in [-0.25, -0.2) is 0 Å². The standard InChI is InChI=1S/C20H20ClN5O/c1-13-24-25-19-12-23-20(14-3-5-15(21)6-4-14)17-11-16(27-10-2-9-22)7-8-18(17)26(13)19/h3-8,11H,2,9-10,12,22H2,1H3. The van der Waals surface area contributed by atoms with E-state index in [0.29, 0.717) is 24.7 Å². The van der Waals surface area contributed by atoms with E-state index in [1.165, 1.54) is 0 Å². The van der Waals surface area contributed by atoms with Crippen LogP contribution in [0.15, 0.2) is 47.5 Å². The number of halogens is 1. The predicted molar refractivity (Wildman–Crippen MR) is 106 cm³/mol. The minimum Gasteiger partial charge on any atom is -0.494 e. The summed E-state index contributed by atoms with van der Waals surface area (Å²) >= 11 is 6.06. The van der Waals surface area contributed by atoms with Gasteiger partial charge in [0, 0.05) is 16.1 Å². The van der Waals surface area contributed by atoms with Crippen LogP contribution in [0, 0.1) is 6.92 Å². The Morgan fingerprint density at radius 2 is 1.96 bits per heavy atom.